The summed E-state index contributed by atoms with van der Waals surface area (Å²) in [5, 5.41) is 3.81. The van der Waals surface area contributed by atoms with Crippen LogP contribution < -0.4 is 14.5 Å². The molecule has 7 nitrogen and oxygen atoms in total. The van der Waals surface area contributed by atoms with Crippen molar-refractivity contribution in [3.63, 3.8) is 0 Å². The minimum Gasteiger partial charge on any atom is -0.496 e. The fraction of sp³-hybridized carbons (Fsp3) is 0.176. The lowest BCUT2D eigenvalue weighted by Crippen LogP contribution is -2.39. The average molecular weight is 379 g/mol. The highest BCUT2D eigenvalue weighted by Crippen LogP contribution is 2.17. The SMILES string of the molecule is COc1ccccc1/C=N\NC(=O)CN(c1ccc(F)cc1)S(C)(=O)=O. The number of para-hydroxylation sites is 1. The number of benzene rings is 2. The molecule has 0 bridgehead atoms. The normalized spacial score (nSPS) is 11.3. The summed E-state index contributed by atoms with van der Waals surface area (Å²) < 4.78 is 42.9. The molecule has 1 N–H and O–H groups in total. The van der Waals surface area contributed by atoms with E-state index >= 15 is 0 Å². The molecule has 0 saturated heterocycles. The summed E-state index contributed by atoms with van der Waals surface area (Å²) in [6.07, 6.45) is 2.35. The predicted molar refractivity (Wildman–Crippen MR) is 97.3 cm³/mol. The third kappa shape index (κ3) is 5.28. The highest BCUT2D eigenvalue weighted by atomic mass is 32.2. The van der Waals surface area contributed by atoms with Gasteiger partial charge in [-0.3, -0.25) is 9.10 Å². The van der Waals surface area contributed by atoms with E-state index in [4.69, 9.17) is 4.74 Å². The van der Waals surface area contributed by atoms with E-state index in [1.165, 1.54) is 25.5 Å². The van der Waals surface area contributed by atoms with Crippen molar-refractivity contribution in [1.82, 2.24) is 5.43 Å². The van der Waals surface area contributed by atoms with Gasteiger partial charge in [-0.25, -0.2) is 18.2 Å². The Morgan fingerprint density at radius 2 is 1.88 bits per heavy atom. The van der Waals surface area contributed by atoms with Gasteiger partial charge < -0.3 is 4.74 Å². The Morgan fingerprint density at radius 3 is 2.50 bits per heavy atom. The molecule has 26 heavy (non-hydrogen) atoms. The number of hydrogen-bond acceptors (Lipinski definition) is 5. The molecule has 0 saturated carbocycles. The summed E-state index contributed by atoms with van der Waals surface area (Å²) in [5.74, 6) is -0.575. The Morgan fingerprint density at radius 1 is 1.23 bits per heavy atom. The number of anilines is 1. The molecule has 1 amide bonds. The zero-order chi connectivity index (χ0) is 19.2. The second kappa shape index (κ2) is 8.43. The van der Waals surface area contributed by atoms with E-state index in [1.54, 1.807) is 24.3 Å². The van der Waals surface area contributed by atoms with E-state index in [0.717, 1.165) is 22.7 Å². The molecular formula is C17H18FN3O4S. The number of nitrogens with one attached hydrogen (secondary N) is 1. The molecule has 0 aliphatic carbocycles. The van der Waals surface area contributed by atoms with Crippen LogP contribution in [-0.4, -0.2) is 40.4 Å². The largest absolute Gasteiger partial charge is 0.496 e. The van der Waals surface area contributed by atoms with Crippen LogP contribution in [0.1, 0.15) is 5.56 Å². The number of carbonyl (C=O) groups excluding carboxylic acids is 1. The smallest absolute Gasteiger partial charge is 0.260 e. The Hall–Kier alpha value is -2.94. The first kappa shape index (κ1) is 19.4. The van der Waals surface area contributed by atoms with Crippen molar-refractivity contribution in [2.45, 2.75) is 0 Å². The van der Waals surface area contributed by atoms with Gasteiger partial charge in [-0.2, -0.15) is 5.10 Å². The van der Waals surface area contributed by atoms with Crippen molar-refractivity contribution >= 4 is 27.8 Å². The third-order valence-electron chi connectivity index (χ3n) is 3.33. The minimum atomic E-state index is -3.74. The molecule has 0 unspecified atom stereocenters. The van der Waals surface area contributed by atoms with E-state index in [-0.39, 0.29) is 5.69 Å². The molecule has 9 heteroatoms. The Balaban J connectivity index is 2.08. The number of ether oxygens (including phenoxy) is 1. The summed E-state index contributed by atoms with van der Waals surface area (Å²) in [6.45, 7) is -0.492. The first-order valence-corrected chi connectivity index (χ1v) is 9.34. The van der Waals surface area contributed by atoms with Gasteiger partial charge in [0.2, 0.25) is 10.0 Å². The Labute approximate surface area is 151 Å². The summed E-state index contributed by atoms with van der Waals surface area (Å²) in [5.41, 5.74) is 3.09. The Bertz CT molecular complexity index is 898. The van der Waals surface area contributed by atoms with Crippen molar-refractivity contribution in [3.8, 4) is 5.75 Å². The maximum atomic E-state index is 13.0. The van der Waals surface area contributed by atoms with Gasteiger partial charge in [0, 0.05) is 5.56 Å². The molecule has 0 heterocycles. The molecule has 0 spiro atoms. The number of amides is 1. The lowest BCUT2D eigenvalue weighted by Gasteiger charge is -2.21. The van der Waals surface area contributed by atoms with Gasteiger partial charge in [0.15, 0.2) is 0 Å². The van der Waals surface area contributed by atoms with Crippen LogP contribution >= 0.6 is 0 Å². The van der Waals surface area contributed by atoms with E-state index in [9.17, 15) is 17.6 Å². The van der Waals surface area contributed by atoms with Gasteiger partial charge in [0.25, 0.3) is 5.91 Å². The van der Waals surface area contributed by atoms with E-state index in [1.807, 2.05) is 0 Å². The van der Waals surface area contributed by atoms with Crippen LogP contribution in [0.3, 0.4) is 0 Å². The van der Waals surface area contributed by atoms with E-state index in [0.29, 0.717) is 11.3 Å². The number of halogens is 1. The first-order valence-electron chi connectivity index (χ1n) is 7.49. The maximum absolute atomic E-state index is 13.0. The van der Waals surface area contributed by atoms with Gasteiger partial charge in [0.1, 0.15) is 18.1 Å². The fourth-order valence-corrected chi connectivity index (χ4v) is 2.98. The molecule has 0 aliphatic heterocycles. The highest BCUT2D eigenvalue weighted by Gasteiger charge is 2.20. The third-order valence-corrected chi connectivity index (χ3v) is 4.47. The molecule has 0 aromatic heterocycles. The summed E-state index contributed by atoms with van der Waals surface area (Å²) in [4.78, 5) is 12.0. The van der Waals surface area contributed by atoms with Crippen LogP contribution in [0.4, 0.5) is 10.1 Å². The summed E-state index contributed by atoms with van der Waals surface area (Å²) >= 11 is 0. The molecule has 0 radical (unpaired) electrons. The molecule has 2 aromatic carbocycles. The fourth-order valence-electron chi connectivity index (χ4n) is 2.12. The number of hydrogen-bond donors (Lipinski definition) is 1. The molecule has 0 aliphatic rings. The number of sulfonamides is 1. The number of carbonyl (C=O) groups is 1. The number of hydrazone groups is 1. The molecule has 2 aromatic rings. The van der Waals surface area contributed by atoms with Gasteiger partial charge in [-0.05, 0) is 36.4 Å². The molecular weight excluding hydrogens is 361 g/mol. The van der Waals surface area contributed by atoms with Crippen LogP contribution in [0.25, 0.3) is 0 Å². The monoisotopic (exact) mass is 379 g/mol. The first-order chi connectivity index (χ1) is 12.3. The lowest BCUT2D eigenvalue weighted by atomic mass is 10.2. The maximum Gasteiger partial charge on any atom is 0.260 e. The number of methoxy groups -OCH3 is 1. The van der Waals surface area contributed by atoms with Crippen molar-refractivity contribution in [3.05, 3.63) is 59.9 Å². The minimum absolute atomic E-state index is 0.178. The van der Waals surface area contributed by atoms with Crippen LogP contribution in [0.2, 0.25) is 0 Å². The van der Waals surface area contributed by atoms with E-state index in [2.05, 4.69) is 10.5 Å². The van der Waals surface area contributed by atoms with Gasteiger partial charge in [-0.1, -0.05) is 12.1 Å². The second-order valence-electron chi connectivity index (χ2n) is 5.28. The van der Waals surface area contributed by atoms with Crippen LogP contribution in [0, 0.1) is 5.82 Å². The number of rotatable bonds is 7. The summed E-state index contributed by atoms with van der Waals surface area (Å²) in [6, 6.07) is 11.9. The van der Waals surface area contributed by atoms with Crippen molar-refractivity contribution in [2.24, 2.45) is 5.10 Å². The zero-order valence-electron chi connectivity index (χ0n) is 14.2. The van der Waals surface area contributed by atoms with Gasteiger partial charge in [-0.15, -0.1) is 0 Å². The van der Waals surface area contributed by atoms with Crippen molar-refractivity contribution in [2.75, 3.05) is 24.2 Å². The van der Waals surface area contributed by atoms with Crippen molar-refractivity contribution < 1.29 is 22.3 Å². The molecule has 0 fully saturated rings. The van der Waals surface area contributed by atoms with Gasteiger partial charge in [0.05, 0.1) is 25.3 Å². The van der Waals surface area contributed by atoms with E-state index < -0.39 is 28.3 Å². The lowest BCUT2D eigenvalue weighted by molar-refractivity contribution is -0.119. The van der Waals surface area contributed by atoms with Crippen molar-refractivity contribution in [1.29, 1.82) is 0 Å². The number of nitrogens with zero attached hydrogens (tertiary/aromatic N) is 2. The average Bonchev–Trinajstić information content (AvgIpc) is 2.60. The van der Waals surface area contributed by atoms with Crippen LogP contribution in [-0.2, 0) is 14.8 Å². The topological polar surface area (TPSA) is 88.1 Å². The molecule has 2 rings (SSSR count). The quantitative estimate of drug-likeness (QED) is 0.586. The van der Waals surface area contributed by atoms with Gasteiger partial charge >= 0.3 is 0 Å². The van der Waals surface area contributed by atoms with Crippen LogP contribution in [0.5, 0.6) is 5.75 Å². The van der Waals surface area contributed by atoms with Crippen LogP contribution in [0.15, 0.2) is 53.6 Å². The second-order valence-corrected chi connectivity index (χ2v) is 7.19. The molecule has 0 atom stereocenters. The summed E-state index contributed by atoms with van der Waals surface area (Å²) in [7, 11) is -2.22. The standard InChI is InChI=1S/C17H18FN3O4S/c1-25-16-6-4-3-5-13(16)11-19-20-17(22)12-21(26(2,23)24)15-9-7-14(18)8-10-15/h3-11H,12H2,1-2H3,(H,20,22)/b19-11-. The zero-order valence-corrected chi connectivity index (χ0v) is 15.0. The Kier molecular flexibility index (Phi) is 6.29. The molecule has 138 valence electrons. The predicted octanol–water partition coefficient (Wildman–Crippen LogP) is 1.75. The highest BCUT2D eigenvalue weighted by molar-refractivity contribution is 7.92.